The van der Waals surface area contributed by atoms with Crippen molar-refractivity contribution in [2.75, 3.05) is 32.8 Å². The molecule has 8 rings (SSSR count). The van der Waals surface area contributed by atoms with Gasteiger partial charge in [0.1, 0.15) is 11.4 Å². The van der Waals surface area contributed by atoms with Crippen LogP contribution in [0.3, 0.4) is 0 Å². The molecule has 3 saturated heterocycles. The van der Waals surface area contributed by atoms with E-state index in [9.17, 15) is 9.59 Å². The summed E-state index contributed by atoms with van der Waals surface area (Å²) >= 11 is 0. The molecule has 2 N–H and O–H groups in total. The second kappa shape index (κ2) is 8.96. The number of amides is 2. The van der Waals surface area contributed by atoms with Gasteiger partial charge in [0.15, 0.2) is 0 Å². The predicted octanol–water partition coefficient (Wildman–Crippen LogP) is 3.73. The molecule has 6 heterocycles. The van der Waals surface area contributed by atoms with E-state index in [-0.39, 0.29) is 24.0 Å². The second-order valence-corrected chi connectivity index (χ2v) is 11.1. The van der Waals surface area contributed by atoms with Gasteiger partial charge in [-0.25, -0.2) is 9.78 Å². The van der Waals surface area contributed by atoms with Crippen molar-refractivity contribution < 1.29 is 14.3 Å². The average Bonchev–Trinajstić information content (AvgIpc) is 3.32. The zero-order valence-corrected chi connectivity index (χ0v) is 21.3. The van der Waals surface area contributed by atoms with Crippen LogP contribution in [0.5, 0.6) is 0 Å². The summed E-state index contributed by atoms with van der Waals surface area (Å²) in [6.07, 6.45) is 7.16. The molecule has 3 aromatic rings. The Labute approximate surface area is 216 Å². The molecule has 2 aromatic heterocycles. The van der Waals surface area contributed by atoms with Gasteiger partial charge in [0.05, 0.1) is 19.3 Å². The topological polar surface area (TPSA) is 90.6 Å². The zero-order chi connectivity index (χ0) is 25.1. The van der Waals surface area contributed by atoms with Crippen molar-refractivity contribution in [1.29, 1.82) is 0 Å². The fourth-order valence-corrected chi connectivity index (χ4v) is 6.71. The van der Waals surface area contributed by atoms with Crippen molar-refractivity contribution in [3.63, 3.8) is 0 Å². The van der Waals surface area contributed by atoms with Crippen LogP contribution in [0.4, 0.5) is 4.79 Å². The highest BCUT2D eigenvalue weighted by molar-refractivity contribution is 5.87. The predicted molar refractivity (Wildman–Crippen MR) is 140 cm³/mol. The number of ether oxygens (including phenoxy) is 1. The molecule has 1 saturated carbocycles. The first-order chi connectivity index (χ1) is 18.0. The van der Waals surface area contributed by atoms with Crippen LogP contribution < -0.4 is 5.32 Å². The van der Waals surface area contributed by atoms with Crippen molar-refractivity contribution in [1.82, 2.24) is 25.1 Å². The number of H-pyrrole nitrogens is 1. The number of pyridine rings is 1. The van der Waals surface area contributed by atoms with E-state index < -0.39 is 0 Å². The van der Waals surface area contributed by atoms with Gasteiger partial charge in [-0.15, -0.1) is 0 Å². The molecule has 2 amide bonds. The second-order valence-electron chi connectivity index (χ2n) is 11.1. The van der Waals surface area contributed by atoms with Gasteiger partial charge in [0, 0.05) is 67.9 Å². The number of nitrogens with one attached hydrogen (secondary N) is 2. The van der Waals surface area contributed by atoms with Crippen molar-refractivity contribution in [2.45, 2.75) is 51.2 Å². The van der Waals surface area contributed by atoms with E-state index in [1.807, 2.05) is 22.2 Å². The highest BCUT2D eigenvalue weighted by Crippen LogP contribution is 2.37. The van der Waals surface area contributed by atoms with Gasteiger partial charge < -0.3 is 24.8 Å². The summed E-state index contributed by atoms with van der Waals surface area (Å²) in [4.78, 5) is 37.8. The smallest absolute Gasteiger partial charge is 0.320 e. The molecule has 37 heavy (non-hydrogen) atoms. The van der Waals surface area contributed by atoms with E-state index in [2.05, 4.69) is 40.4 Å². The van der Waals surface area contributed by atoms with Crippen molar-refractivity contribution in [3.8, 4) is 11.1 Å². The Morgan fingerprint density at radius 3 is 2.89 bits per heavy atom. The Morgan fingerprint density at radius 2 is 2.11 bits per heavy atom. The fourth-order valence-electron chi connectivity index (χ4n) is 6.71. The molecule has 2 unspecified atom stereocenters. The maximum Gasteiger partial charge on any atom is 0.320 e. The summed E-state index contributed by atoms with van der Waals surface area (Å²) in [5, 5.41) is 4.78. The number of Topliss-reactive ketones (excluding diaryl/α,β-unsaturated/α-hetero) is 1. The van der Waals surface area contributed by atoms with Crippen molar-refractivity contribution in [3.05, 3.63) is 52.8 Å². The number of carbonyl (C=O) groups excluding carboxylic acids is 2. The number of hydrogen-bond donors (Lipinski definition) is 2. The maximum atomic E-state index is 13.7. The van der Waals surface area contributed by atoms with Gasteiger partial charge in [-0.2, -0.15) is 0 Å². The molecule has 5 aliphatic rings. The molecule has 192 valence electrons. The van der Waals surface area contributed by atoms with Crippen LogP contribution in [0.25, 0.3) is 22.2 Å². The van der Waals surface area contributed by atoms with Gasteiger partial charge >= 0.3 is 6.03 Å². The molecule has 1 aromatic carbocycles. The number of rotatable bonds is 2. The SMILES string of the molecule is Cc1c[nH]c2ncc(-c3cc4c(c([C@@H]5COCCN5)c3)CN(C(=O)N3CC5CCC3CC5=O)CC4)cc12. The van der Waals surface area contributed by atoms with E-state index in [1.165, 1.54) is 22.3 Å². The molecular formula is C29H33N5O3. The fraction of sp³-hybridized carbons (Fsp3) is 0.483. The molecule has 4 fully saturated rings. The Balaban J connectivity index is 1.23. The normalized spacial score (nSPS) is 25.5. The number of morpholine rings is 1. The summed E-state index contributed by atoms with van der Waals surface area (Å²) in [6.45, 7) is 6.12. The molecule has 3 atom stereocenters. The molecule has 8 nitrogen and oxygen atoms in total. The lowest BCUT2D eigenvalue weighted by Gasteiger charge is -2.46. The lowest BCUT2D eigenvalue weighted by atomic mass is 9.79. The molecule has 1 aliphatic carbocycles. The summed E-state index contributed by atoms with van der Waals surface area (Å²) in [5.41, 5.74) is 8.09. The minimum Gasteiger partial charge on any atom is -0.378 e. The summed E-state index contributed by atoms with van der Waals surface area (Å²) in [6, 6.07) is 7.03. The zero-order valence-electron chi connectivity index (χ0n) is 21.3. The van der Waals surface area contributed by atoms with E-state index >= 15 is 0 Å². The standard InChI is InChI=1S/C29H33N5O3/c1-17-12-31-28-23(17)10-21(13-32-28)20-8-18-4-6-33(15-25(18)24(9-20)26-16-37-7-5-30-26)29(36)34-14-19-2-3-22(34)11-27(19)35/h8-10,12-13,19,22,26,30H,2-7,11,14-16H2,1H3,(H,31,32)/t19?,22?,26-/m0/s1. The van der Waals surface area contributed by atoms with Gasteiger partial charge in [-0.05, 0) is 66.1 Å². The number of fused-ring (bicyclic) bond motifs is 5. The average molecular weight is 500 g/mol. The maximum absolute atomic E-state index is 13.7. The van der Waals surface area contributed by atoms with E-state index in [1.54, 1.807) is 0 Å². The van der Waals surface area contributed by atoms with Crippen LogP contribution in [-0.2, 0) is 22.5 Å². The molecule has 4 aliphatic heterocycles. The monoisotopic (exact) mass is 499 g/mol. The van der Waals surface area contributed by atoms with Crippen LogP contribution in [0, 0.1) is 12.8 Å². The third kappa shape index (κ3) is 3.94. The van der Waals surface area contributed by atoms with Crippen molar-refractivity contribution >= 4 is 22.8 Å². The lowest BCUT2D eigenvalue weighted by molar-refractivity contribution is -0.131. The third-order valence-corrected chi connectivity index (χ3v) is 8.86. The number of piperidine rings is 2. The molecule has 0 radical (unpaired) electrons. The molecule has 0 spiro atoms. The first-order valence-electron chi connectivity index (χ1n) is 13.5. The minimum absolute atomic E-state index is 0.0299. The third-order valence-electron chi connectivity index (χ3n) is 8.86. The van der Waals surface area contributed by atoms with E-state index in [0.717, 1.165) is 48.0 Å². The van der Waals surface area contributed by atoms with Crippen LogP contribution in [0.15, 0.2) is 30.6 Å². The van der Waals surface area contributed by atoms with E-state index in [4.69, 9.17) is 4.74 Å². The van der Waals surface area contributed by atoms with Gasteiger partial charge in [-0.1, -0.05) is 6.07 Å². The largest absolute Gasteiger partial charge is 0.378 e. The first kappa shape index (κ1) is 22.9. The van der Waals surface area contributed by atoms with Gasteiger partial charge in [-0.3, -0.25) is 4.79 Å². The van der Waals surface area contributed by atoms with Crippen LogP contribution in [-0.4, -0.2) is 70.5 Å². The van der Waals surface area contributed by atoms with Gasteiger partial charge in [0.25, 0.3) is 0 Å². The van der Waals surface area contributed by atoms with Crippen LogP contribution in [0.1, 0.15) is 47.6 Å². The highest BCUT2D eigenvalue weighted by Gasteiger charge is 2.43. The Hall–Kier alpha value is -3.23. The number of aryl methyl sites for hydroxylation is 1. The van der Waals surface area contributed by atoms with Crippen molar-refractivity contribution in [2.24, 2.45) is 5.92 Å². The minimum atomic E-state index is 0.0299. The van der Waals surface area contributed by atoms with E-state index in [0.29, 0.717) is 45.1 Å². The number of benzene rings is 1. The Bertz CT molecular complexity index is 1390. The Kier molecular flexibility index (Phi) is 5.55. The molecular weight excluding hydrogens is 466 g/mol. The lowest BCUT2D eigenvalue weighted by Crippen LogP contribution is -2.58. The highest BCUT2D eigenvalue weighted by atomic mass is 16.5. The Morgan fingerprint density at radius 1 is 1.19 bits per heavy atom. The number of aromatic nitrogens is 2. The van der Waals surface area contributed by atoms with Gasteiger partial charge in [0.2, 0.25) is 0 Å². The van der Waals surface area contributed by atoms with Crippen LogP contribution >= 0.6 is 0 Å². The first-order valence-corrected chi connectivity index (χ1v) is 13.5. The number of aromatic amines is 1. The number of ketones is 1. The number of nitrogens with zero attached hydrogens (tertiary/aromatic N) is 3. The summed E-state index contributed by atoms with van der Waals surface area (Å²) < 4.78 is 5.85. The number of urea groups is 1. The quantitative estimate of drug-likeness (QED) is 0.561. The summed E-state index contributed by atoms with van der Waals surface area (Å²) in [5.74, 6) is 0.368. The number of hydrogen-bond acceptors (Lipinski definition) is 5. The van der Waals surface area contributed by atoms with Crippen LogP contribution in [0.2, 0.25) is 0 Å². The molecule has 8 heteroatoms. The number of carbonyl (C=O) groups is 2. The molecule has 2 bridgehead atoms. The summed E-state index contributed by atoms with van der Waals surface area (Å²) in [7, 11) is 0.